The first-order valence-corrected chi connectivity index (χ1v) is 12.6. The molecule has 2 fully saturated rings. The fourth-order valence-corrected chi connectivity index (χ4v) is 6.30. The number of aromatic nitrogens is 1. The molecule has 2 aliphatic rings. The minimum atomic E-state index is -3.75. The van der Waals surface area contributed by atoms with Crippen LogP contribution in [0.3, 0.4) is 0 Å². The Morgan fingerprint density at radius 2 is 1.90 bits per heavy atom. The zero-order chi connectivity index (χ0) is 21.1. The van der Waals surface area contributed by atoms with E-state index < -0.39 is 16.0 Å². The van der Waals surface area contributed by atoms with Crippen molar-refractivity contribution in [2.45, 2.75) is 42.4 Å². The monoisotopic (exact) mass is 450 g/mol. The minimum Gasteiger partial charge on any atom is -0.478 e. The summed E-state index contributed by atoms with van der Waals surface area (Å²) < 4.78 is 27.4. The second-order valence-electron chi connectivity index (χ2n) is 7.75. The Morgan fingerprint density at radius 3 is 2.53 bits per heavy atom. The molecule has 2 saturated heterocycles. The van der Waals surface area contributed by atoms with Crippen molar-refractivity contribution in [3.63, 3.8) is 0 Å². The average Bonchev–Trinajstić information content (AvgIpc) is 3.30. The van der Waals surface area contributed by atoms with Gasteiger partial charge in [0, 0.05) is 19.1 Å². The largest absolute Gasteiger partial charge is 0.478 e. The van der Waals surface area contributed by atoms with Crippen LogP contribution >= 0.6 is 11.3 Å². The van der Waals surface area contributed by atoms with Crippen molar-refractivity contribution in [1.29, 1.82) is 0 Å². The predicted octanol–water partition coefficient (Wildman–Crippen LogP) is 3.10. The van der Waals surface area contributed by atoms with Crippen LogP contribution in [0.5, 0.6) is 0 Å². The van der Waals surface area contributed by atoms with Crippen LogP contribution in [-0.2, 0) is 10.0 Å². The molecule has 0 aliphatic carbocycles. The van der Waals surface area contributed by atoms with E-state index in [0.717, 1.165) is 50.4 Å². The molecule has 0 atom stereocenters. The van der Waals surface area contributed by atoms with Crippen molar-refractivity contribution in [1.82, 2.24) is 9.88 Å². The quantitative estimate of drug-likeness (QED) is 0.697. The normalized spacial score (nSPS) is 19.0. The Balaban J connectivity index is 1.48. The summed E-state index contributed by atoms with van der Waals surface area (Å²) >= 11 is 1.10. The van der Waals surface area contributed by atoms with Crippen LogP contribution in [0, 0.1) is 0 Å². The minimum absolute atomic E-state index is 0.0119. The van der Waals surface area contributed by atoms with E-state index >= 15 is 0 Å². The maximum absolute atomic E-state index is 12.4. The number of aromatic carboxylic acids is 1. The summed E-state index contributed by atoms with van der Waals surface area (Å²) in [7, 11) is -3.75. The molecule has 0 unspecified atom stereocenters. The van der Waals surface area contributed by atoms with E-state index in [1.807, 2.05) is 4.90 Å². The molecule has 4 rings (SSSR count). The highest BCUT2D eigenvalue weighted by atomic mass is 32.2. The van der Waals surface area contributed by atoms with Crippen LogP contribution < -0.4 is 9.62 Å². The predicted molar refractivity (Wildman–Crippen MR) is 117 cm³/mol. The van der Waals surface area contributed by atoms with Gasteiger partial charge in [-0.2, -0.15) is 0 Å². The van der Waals surface area contributed by atoms with Crippen LogP contribution in [0.25, 0.3) is 0 Å². The summed E-state index contributed by atoms with van der Waals surface area (Å²) in [6.07, 6.45) is 7.18. The van der Waals surface area contributed by atoms with Crippen molar-refractivity contribution < 1.29 is 18.3 Å². The maximum atomic E-state index is 12.4. The third kappa shape index (κ3) is 4.60. The highest BCUT2D eigenvalue weighted by molar-refractivity contribution is 7.94. The van der Waals surface area contributed by atoms with Gasteiger partial charge in [-0.3, -0.25) is 4.72 Å². The molecular formula is C20H26N4O4S2. The lowest BCUT2D eigenvalue weighted by molar-refractivity contribution is 0.0697. The smallest absolute Gasteiger partial charge is 0.339 e. The van der Waals surface area contributed by atoms with Gasteiger partial charge in [0.2, 0.25) is 0 Å². The molecule has 2 N–H and O–H groups in total. The molecule has 8 nitrogen and oxygen atoms in total. The number of carbonyl (C=O) groups is 1. The van der Waals surface area contributed by atoms with Gasteiger partial charge < -0.3 is 14.9 Å². The summed E-state index contributed by atoms with van der Waals surface area (Å²) in [6, 6.07) is 5.05. The van der Waals surface area contributed by atoms with E-state index in [4.69, 9.17) is 0 Å². The number of hydrogen-bond donors (Lipinski definition) is 2. The number of sulfonamides is 1. The van der Waals surface area contributed by atoms with Gasteiger partial charge in [0.05, 0.1) is 11.9 Å². The van der Waals surface area contributed by atoms with Crippen LogP contribution in [0.4, 0.5) is 11.5 Å². The topological polar surface area (TPSA) is 103 Å². The van der Waals surface area contributed by atoms with Gasteiger partial charge in [-0.1, -0.05) is 12.5 Å². The van der Waals surface area contributed by atoms with Gasteiger partial charge in [-0.05, 0) is 56.3 Å². The van der Waals surface area contributed by atoms with E-state index in [9.17, 15) is 18.3 Å². The second-order valence-corrected chi connectivity index (χ2v) is 10.6. The van der Waals surface area contributed by atoms with E-state index in [0.29, 0.717) is 11.9 Å². The molecule has 4 heterocycles. The number of carboxylic acids is 1. The fourth-order valence-electron chi connectivity index (χ4n) is 4.27. The van der Waals surface area contributed by atoms with Crippen LogP contribution in [0.2, 0.25) is 0 Å². The number of likely N-dealkylation sites (tertiary alicyclic amines) is 1. The molecule has 0 bridgehead atoms. The first kappa shape index (κ1) is 21.1. The molecule has 2 aliphatic heterocycles. The lowest BCUT2D eigenvalue weighted by Gasteiger charge is -2.40. The summed E-state index contributed by atoms with van der Waals surface area (Å²) in [5.74, 6) is -0.716. The van der Waals surface area contributed by atoms with Gasteiger partial charge in [-0.25, -0.2) is 18.2 Å². The molecule has 0 spiro atoms. The summed E-state index contributed by atoms with van der Waals surface area (Å²) in [5, 5.41) is 11.4. The number of rotatable bonds is 6. The number of piperidine rings is 2. The highest BCUT2D eigenvalue weighted by Crippen LogP contribution is 2.28. The molecule has 30 heavy (non-hydrogen) atoms. The van der Waals surface area contributed by atoms with Crippen LogP contribution in [0.15, 0.2) is 34.0 Å². The number of nitrogens with zero attached hydrogens (tertiary/aromatic N) is 3. The molecule has 2 aromatic rings. The zero-order valence-electron chi connectivity index (χ0n) is 16.7. The van der Waals surface area contributed by atoms with Crippen molar-refractivity contribution in [3.8, 4) is 0 Å². The first-order chi connectivity index (χ1) is 14.4. The van der Waals surface area contributed by atoms with Crippen molar-refractivity contribution in [2.75, 3.05) is 35.8 Å². The fraction of sp³-hybridized carbons (Fsp3) is 0.500. The van der Waals surface area contributed by atoms with Gasteiger partial charge in [0.1, 0.15) is 15.6 Å². The van der Waals surface area contributed by atoms with Crippen molar-refractivity contribution in [2.24, 2.45) is 0 Å². The number of pyridine rings is 1. The van der Waals surface area contributed by atoms with E-state index in [1.165, 1.54) is 37.6 Å². The molecule has 0 radical (unpaired) electrons. The number of thiophene rings is 1. The Labute approximate surface area is 180 Å². The third-order valence-corrected chi connectivity index (χ3v) is 8.56. The van der Waals surface area contributed by atoms with Gasteiger partial charge in [0.15, 0.2) is 0 Å². The molecule has 0 saturated carbocycles. The number of hydrogen-bond acceptors (Lipinski definition) is 7. The number of anilines is 2. The summed E-state index contributed by atoms with van der Waals surface area (Å²) in [5.41, 5.74) is 0.158. The lowest BCUT2D eigenvalue weighted by atomic mass is 9.99. The van der Waals surface area contributed by atoms with Crippen molar-refractivity contribution >= 4 is 38.8 Å². The Bertz CT molecular complexity index is 980. The maximum Gasteiger partial charge on any atom is 0.339 e. The highest BCUT2D eigenvalue weighted by Gasteiger charge is 2.28. The van der Waals surface area contributed by atoms with Gasteiger partial charge in [0.25, 0.3) is 10.0 Å². The van der Waals surface area contributed by atoms with E-state index in [1.54, 1.807) is 11.4 Å². The van der Waals surface area contributed by atoms with E-state index in [2.05, 4.69) is 14.6 Å². The lowest BCUT2D eigenvalue weighted by Crippen LogP contribution is -2.47. The third-order valence-electron chi connectivity index (χ3n) is 5.78. The summed E-state index contributed by atoms with van der Waals surface area (Å²) in [6.45, 7) is 3.80. The average molecular weight is 451 g/mol. The Kier molecular flexibility index (Phi) is 6.26. The van der Waals surface area contributed by atoms with Gasteiger partial charge >= 0.3 is 5.97 Å². The van der Waals surface area contributed by atoms with Crippen LogP contribution in [0.1, 0.15) is 42.5 Å². The molecule has 0 amide bonds. The molecule has 2 aromatic heterocycles. The number of carboxylic acid groups (broad SMARTS) is 1. The SMILES string of the molecule is O=C(O)c1cc(NS(=O)(=O)c2cccs2)cnc1N1CCC(N2CCCCC2)CC1. The van der Waals surface area contributed by atoms with Crippen LogP contribution in [-0.4, -0.2) is 61.6 Å². The molecule has 162 valence electrons. The number of nitrogens with one attached hydrogen (secondary N) is 1. The van der Waals surface area contributed by atoms with E-state index in [-0.39, 0.29) is 15.5 Å². The zero-order valence-corrected chi connectivity index (χ0v) is 18.3. The Hall–Kier alpha value is -2.17. The van der Waals surface area contributed by atoms with Crippen molar-refractivity contribution in [3.05, 3.63) is 35.3 Å². The molecular weight excluding hydrogens is 424 g/mol. The Morgan fingerprint density at radius 1 is 1.17 bits per heavy atom. The molecule has 0 aromatic carbocycles. The van der Waals surface area contributed by atoms with Gasteiger partial charge in [-0.15, -0.1) is 11.3 Å². The standard InChI is InChI=1S/C20H26N4O4S2/c25-20(26)17-13-15(22-30(27,28)18-5-4-12-29-18)14-21-19(17)24-10-6-16(7-11-24)23-8-2-1-3-9-23/h4-5,12-14,16,22H,1-3,6-11H2,(H,25,26). The second kappa shape index (κ2) is 8.91. The molecule has 10 heteroatoms. The first-order valence-electron chi connectivity index (χ1n) is 10.2. The summed E-state index contributed by atoms with van der Waals surface area (Å²) in [4.78, 5) is 20.8.